The van der Waals surface area contributed by atoms with Crippen molar-refractivity contribution in [2.45, 2.75) is 105 Å². The molecule has 4 aliphatic rings. The van der Waals surface area contributed by atoms with Gasteiger partial charge in [-0.15, -0.1) is 0 Å². The molecule has 4 aromatic rings. The molecule has 49 heavy (non-hydrogen) atoms. The van der Waals surface area contributed by atoms with Gasteiger partial charge in [0.2, 0.25) is 0 Å². The van der Waals surface area contributed by atoms with Crippen LogP contribution in [0.5, 0.6) is 0 Å². The maximum Gasteiger partial charge on any atom is 0.0540 e. The largest absolute Gasteiger partial charge is 0.310 e. The third kappa shape index (κ3) is 4.86. The summed E-state index contributed by atoms with van der Waals surface area (Å²) < 4.78 is 0. The molecule has 1 nitrogen and oxygen atoms in total. The molecule has 0 radical (unpaired) electrons. The van der Waals surface area contributed by atoms with Crippen LogP contribution in [0.4, 0.5) is 11.4 Å². The first-order valence-electron chi connectivity index (χ1n) is 18.5. The van der Waals surface area contributed by atoms with Gasteiger partial charge in [-0.05, 0) is 128 Å². The highest BCUT2D eigenvalue weighted by atomic mass is 15.1. The van der Waals surface area contributed by atoms with E-state index in [-0.39, 0.29) is 21.7 Å². The van der Waals surface area contributed by atoms with E-state index in [0.717, 1.165) is 19.3 Å². The molecule has 0 heterocycles. The smallest absolute Gasteiger partial charge is 0.0540 e. The molecule has 4 aliphatic carbocycles. The SMILES string of the molecule is CC(C)(C)c1ccc(N(C2=CCC(C(C)(C)C)C=C2)c2cc3c(c4c2=CCCC=4)-c2cc4c(cc2C3(C)C)-c2ccccc2C4(C)C)cc1. The summed E-state index contributed by atoms with van der Waals surface area (Å²) in [5.74, 6) is 0.528. The van der Waals surface area contributed by atoms with Crippen molar-refractivity contribution in [3.05, 3.63) is 129 Å². The molecule has 0 spiro atoms. The fourth-order valence-corrected chi connectivity index (χ4v) is 9.13. The molecule has 1 unspecified atom stereocenters. The van der Waals surface area contributed by atoms with Crippen LogP contribution < -0.4 is 15.3 Å². The van der Waals surface area contributed by atoms with Crippen LogP contribution >= 0.6 is 0 Å². The molecule has 0 amide bonds. The van der Waals surface area contributed by atoms with Gasteiger partial charge in [-0.1, -0.05) is 130 Å². The molecule has 0 aromatic heterocycles. The average Bonchev–Trinajstić information content (AvgIpc) is 3.43. The van der Waals surface area contributed by atoms with Crippen molar-refractivity contribution < 1.29 is 0 Å². The summed E-state index contributed by atoms with van der Waals surface area (Å²) in [5.41, 5.74) is 16.8. The lowest BCUT2D eigenvalue weighted by molar-refractivity contribution is 0.293. The Morgan fingerprint density at radius 2 is 1.27 bits per heavy atom. The molecule has 0 bridgehead atoms. The highest BCUT2D eigenvalue weighted by Crippen LogP contribution is 2.55. The average molecular weight is 644 g/mol. The number of benzene rings is 4. The van der Waals surface area contributed by atoms with Gasteiger partial charge in [0.05, 0.1) is 5.69 Å². The lowest BCUT2D eigenvalue weighted by Crippen LogP contribution is -2.36. The Morgan fingerprint density at radius 1 is 0.633 bits per heavy atom. The molecule has 0 saturated carbocycles. The zero-order chi connectivity index (χ0) is 34.7. The molecule has 0 fully saturated rings. The first-order chi connectivity index (χ1) is 23.1. The Labute approximate surface area is 294 Å². The maximum atomic E-state index is 2.57. The standard InChI is InChI=1S/C48H53N/c1-45(2,3)30-19-23-32(24-20-30)49(33-25-21-31(22-26-33)46(4,5)6)43-29-42-44(36-17-12-11-16-35(36)43)38-28-40-37(27-41(38)48(42,9)10)34-15-13-14-18-39(34)47(40,7)8/h13-21,23-29,31H,11-12,22H2,1-10H3. The van der Waals surface area contributed by atoms with Crippen molar-refractivity contribution in [3.8, 4) is 22.3 Å². The fraction of sp³-hybridized carbons (Fsp3) is 0.375. The van der Waals surface area contributed by atoms with Gasteiger partial charge >= 0.3 is 0 Å². The molecule has 8 rings (SSSR count). The van der Waals surface area contributed by atoms with Gasteiger partial charge in [0, 0.05) is 27.4 Å². The van der Waals surface area contributed by atoms with E-state index in [2.05, 4.69) is 171 Å². The predicted octanol–water partition coefficient (Wildman–Crippen LogP) is 11.6. The molecule has 0 saturated heterocycles. The maximum absolute atomic E-state index is 2.57. The molecular formula is C48H53N. The Balaban J connectivity index is 1.36. The van der Waals surface area contributed by atoms with Gasteiger partial charge < -0.3 is 4.90 Å². The lowest BCUT2D eigenvalue weighted by atomic mass is 9.77. The van der Waals surface area contributed by atoms with Gasteiger partial charge in [0.25, 0.3) is 0 Å². The van der Waals surface area contributed by atoms with Crippen molar-refractivity contribution in [2.24, 2.45) is 11.3 Å². The molecule has 0 aliphatic heterocycles. The molecule has 0 N–H and O–H groups in total. The quantitative estimate of drug-likeness (QED) is 0.215. The second-order valence-corrected chi connectivity index (χ2v) is 18.2. The minimum atomic E-state index is -0.133. The van der Waals surface area contributed by atoms with Crippen LogP contribution in [0.3, 0.4) is 0 Å². The van der Waals surface area contributed by atoms with Gasteiger partial charge in [-0.2, -0.15) is 0 Å². The first-order valence-corrected chi connectivity index (χ1v) is 18.5. The Bertz CT molecular complexity index is 2200. The first kappa shape index (κ1) is 32.1. The summed E-state index contributed by atoms with van der Waals surface area (Å²) in [6, 6.07) is 26.1. The number of nitrogens with zero attached hydrogens (tertiary/aromatic N) is 1. The van der Waals surface area contributed by atoms with Crippen molar-refractivity contribution in [1.29, 1.82) is 0 Å². The van der Waals surface area contributed by atoms with Crippen molar-refractivity contribution in [1.82, 2.24) is 0 Å². The lowest BCUT2D eigenvalue weighted by Gasteiger charge is -2.34. The second-order valence-electron chi connectivity index (χ2n) is 18.2. The number of allylic oxidation sites excluding steroid dienone is 3. The van der Waals surface area contributed by atoms with Crippen molar-refractivity contribution >= 4 is 23.5 Å². The van der Waals surface area contributed by atoms with Gasteiger partial charge in [-0.3, -0.25) is 0 Å². The third-order valence-corrected chi connectivity index (χ3v) is 12.3. The highest BCUT2D eigenvalue weighted by molar-refractivity contribution is 5.91. The van der Waals surface area contributed by atoms with E-state index in [4.69, 9.17) is 0 Å². The van der Waals surface area contributed by atoms with E-state index in [1.165, 1.54) is 77.6 Å². The number of hydrogen-bond acceptors (Lipinski definition) is 1. The molecule has 4 aromatic carbocycles. The molecule has 250 valence electrons. The number of rotatable bonds is 3. The van der Waals surface area contributed by atoms with E-state index in [9.17, 15) is 0 Å². The predicted molar refractivity (Wildman–Crippen MR) is 211 cm³/mol. The van der Waals surface area contributed by atoms with Crippen molar-refractivity contribution in [3.63, 3.8) is 0 Å². The van der Waals surface area contributed by atoms with E-state index >= 15 is 0 Å². The Morgan fingerprint density at radius 3 is 1.92 bits per heavy atom. The molecular weight excluding hydrogens is 591 g/mol. The van der Waals surface area contributed by atoms with Crippen LogP contribution in [0.2, 0.25) is 0 Å². The van der Waals surface area contributed by atoms with E-state index in [1.807, 2.05) is 0 Å². The zero-order valence-corrected chi connectivity index (χ0v) is 31.4. The summed E-state index contributed by atoms with van der Waals surface area (Å²) in [6.45, 7) is 23.7. The van der Waals surface area contributed by atoms with Crippen LogP contribution in [0, 0.1) is 11.3 Å². The number of fused-ring (bicyclic) bond motifs is 8. The van der Waals surface area contributed by atoms with Crippen LogP contribution in [-0.2, 0) is 16.2 Å². The highest BCUT2D eigenvalue weighted by Gasteiger charge is 2.42. The molecule has 1 heteroatoms. The van der Waals surface area contributed by atoms with Crippen molar-refractivity contribution in [2.75, 3.05) is 4.90 Å². The summed E-state index contributed by atoms with van der Waals surface area (Å²) >= 11 is 0. The van der Waals surface area contributed by atoms with Gasteiger partial charge in [-0.25, -0.2) is 0 Å². The van der Waals surface area contributed by atoms with Crippen LogP contribution in [0.1, 0.15) is 116 Å². The second kappa shape index (κ2) is 10.7. The summed E-state index contributed by atoms with van der Waals surface area (Å²) in [7, 11) is 0. The number of hydrogen-bond donors (Lipinski definition) is 0. The Hall–Kier alpha value is -4.10. The number of anilines is 2. The topological polar surface area (TPSA) is 3.24 Å². The van der Waals surface area contributed by atoms with E-state index < -0.39 is 0 Å². The Kier molecular flexibility index (Phi) is 7.01. The monoisotopic (exact) mass is 643 g/mol. The molecule has 1 atom stereocenters. The minimum Gasteiger partial charge on any atom is -0.310 e. The van der Waals surface area contributed by atoms with E-state index in [1.54, 1.807) is 0 Å². The summed E-state index contributed by atoms with van der Waals surface area (Å²) in [6.07, 6.45) is 15.6. The fourth-order valence-electron chi connectivity index (χ4n) is 9.13. The zero-order valence-electron chi connectivity index (χ0n) is 31.4. The third-order valence-electron chi connectivity index (χ3n) is 12.3. The summed E-state index contributed by atoms with van der Waals surface area (Å²) in [5, 5.41) is 2.80. The summed E-state index contributed by atoms with van der Waals surface area (Å²) in [4.78, 5) is 2.56. The van der Waals surface area contributed by atoms with Gasteiger partial charge in [0.15, 0.2) is 0 Å². The van der Waals surface area contributed by atoms with Crippen LogP contribution in [0.25, 0.3) is 34.4 Å². The minimum absolute atomic E-state index is 0.0234. The van der Waals surface area contributed by atoms with E-state index in [0.29, 0.717) is 5.92 Å². The normalized spacial score (nSPS) is 19.5. The van der Waals surface area contributed by atoms with Crippen LogP contribution in [-0.4, -0.2) is 0 Å². The van der Waals surface area contributed by atoms with Crippen LogP contribution in [0.15, 0.2) is 90.7 Å². The van der Waals surface area contributed by atoms with Gasteiger partial charge in [0.1, 0.15) is 0 Å².